The van der Waals surface area contributed by atoms with Crippen LogP contribution in [-0.2, 0) is 12.4 Å². The van der Waals surface area contributed by atoms with Gasteiger partial charge in [-0.3, -0.25) is 10.1 Å². The highest BCUT2D eigenvalue weighted by atomic mass is 35.5. The van der Waals surface area contributed by atoms with Crippen LogP contribution in [0.5, 0.6) is 0 Å². The highest BCUT2D eigenvalue weighted by Gasteiger charge is 2.37. The number of carbonyl (C=O) groups is 1. The van der Waals surface area contributed by atoms with E-state index in [0.29, 0.717) is 12.1 Å². The molecular formula is C15H8ClF6N3O3. The Balaban J connectivity index is 2.27. The second-order valence-corrected chi connectivity index (χ2v) is 5.70. The second-order valence-electron chi connectivity index (χ2n) is 5.29. The highest BCUT2D eigenvalue weighted by Crippen LogP contribution is 2.37. The second kappa shape index (κ2) is 7.54. The van der Waals surface area contributed by atoms with Crippen molar-refractivity contribution >= 4 is 34.7 Å². The van der Waals surface area contributed by atoms with Gasteiger partial charge >= 0.3 is 18.4 Å². The summed E-state index contributed by atoms with van der Waals surface area (Å²) >= 11 is 5.75. The van der Waals surface area contributed by atoms with Crippen molar-refractivity contribution in [2.75, 3.05) is 10.6 Å². The van der Waals surface area contributed by atoms with Crippen molar-refractivity contribution < 1.29 is 36.1 Å². The summed E-state index contributed by atoms with van der Waals surface area (Å²) in [6.07, 6.45) is -10.1. The first-order valence-electron chi connectivity index (χ1n) is 7.09. The molecule has 6 nitrogen and oxygen atoms in total. The molecule has 0 aromatic heterocycles. The van der Waals surface area contributed by atoms with Crippen molar-refractivity contribution in [1.29, 1.82) is 0 Å². The lowest BCUT2D eigenvalue weighted by Gasteiger charge is -2.15. The van der Waals surface area contributed by atoms with Gasteiger partial charge in [-0.15, -0.1) is 0 Å². The normalized spacial score (nSPS) is 11.8. The van der Waals surface area contributed by atoms with Crippen LogP contribution in [0.4, 0.5) is 48.2 Å². The van der Waals surface area contributed by atoms with Gasteiger partial charge in [0.1, 0.15) is 0 Å². The number of hydrogen-bond donors (Lipinski definition) is 2. The Labute approximate surface area is 157 Å². The molecule has 2 rings (SSSR count). The Kier molecular flexibility index (Phi) is 5.73. The maximum Gasteiger partial charge on any atom is 0.416 e. The molecule has 0 radical (unpaired) electrons. The third-order valence-electron chi connectivity index (χ3n) is 3.26. The SMILES string of the molecule is O=C(Nc1cc(C(F)(F)F)cc(C(F)(F)F)c1)Nc1ccc([N+](=O)[O-])cc1Cl. The van der Waals surface area contributed by atoms with Gasteiger partial charge in [-0.05, 0) is 24.3 Å². The largest absolute Gasteiger partial charge is 0.416 e. The van der Waals surface area contributed by atoms with Crippen molar-refractivity contribution in [3.8, 4) is 0 Å². The fourth-order valence-corrected chi connectivity index (χ4v) is 2.25. The predicted molar refractivity (Wildman–Crippen MR) is 87.2 cm³/mol. The van der Waals surface area contributed by atoms with Crippen molar-refractivity contribution in [2.24, 2.45) is 0 Å². The molecule has 0 aliphatic carbocycles. The highest BCUT2D eigenvalue weighted by molar-refractivity contribution is 6.34. The van der Waals surface area contributed by atoms with E-state index in [-0.39, 0.29) is 22.5 Å². The number of non-ortho nitro benzene ring substituents is 1. The molecule has 0 aliphatic rings. The van der Waals surface area contributed by atoms with Crippen LogP contribution in [0.25, 0.3) is 0 Å². The fourth-order valence-electron chi connectivity index (χ4n) is 2.03. The molecule has 2 aromatic carbocycles. The lowest BCUT2D eigenvalue weighted by Crippen LogP contribution is -2.21. The molecule has 0 aliphatic heterocycles. The monoisotopic (exact) mass is 427 g/mol. The number of amides is 2. The molecule has 28 heavy (non-hydrogen) atoms. The van der Waals surface area contributed by atoms with Gasteiger partial charge in [0.2, 0.25) is 0 Å². The molecule has 0 fully saturated rings. The number of alkyl halides is 6. The van der Waals surface area contributed by atoms with Crippen LogP contribution in [0.1, 0.15) is 11.1 Å². The summed E-state index contributed by atoms with van der Waals surface area (Å²) in [6, 6.07) is 2.31. The van der Waals surface area contributed by atoms with E-state index in [2.05, 4.69) is 5.32 Å². The number of anilines is 2. The molecule has 0 saturated heterocycles. The van der Waals surface area contributed by atoms with Crippen LogP contribution in [0, 0.1) is 10.1 Å². The molecule has 0 saturated carbocycles. The zero-order valence-electron chi connectivity index (χ0n) is 13.3. The Hall–Kier alpha value is -3.02. The minimum Gasteiger partial charge on any atom is -0.308 e. The molecule has 13 heteroatoms. The number of halogens is 7. The Morgan fingerprint density at radius 2 is 1.46 bits per heavy atom. The number of rotatable bonds is 3. The van der Waals surface area contributed by atoms with Crippen LogP contribution in [0.15, 0.2) is 36.4 Å². The van der Waals surface area contributed by atoms with Gasteiger partial charge in [0.05, 0.1) is 26.8 Å². The van der Waals surface area contributed by atoms with E-state index >= 15 is 0 Å². The van der Waals surface area contributed by atoms with Crippen molar-refractivity contribution in [3.05, 3.63) is 62.7 Å². The summed E-state index contributed by atoms with van der Waals surface area (Å²) in [5.41, 5.74) is -4.51. The zero-order chi connectivity index (χ0) is 21.3. The summed E-state index contributed by atoms with van der Waals surface area (Å²) in [6.45, 7) is 0. The van der Waals surface area contributed by atoms with Gasteiger partial charge in [0.15, 0.2) is 0 Å². The van der Waals surface area contributed by atoms with Crippen molar-refractivity contribution in [1.82, 2.24) is 0 Å². The van der Waals surface area contributed by atoms with E-state index in [1.165, 1.54) is 0 Å². The van der Waals surface area contributed by atoms with Gasteiger partial charge in [-0.1, -0.05) is 11.6 Å². The van der Waals surface area contributed by atoms with Gasteiger partial charge < -0.3 is 10.6 Å². The van der Waals surface area contributed by atoms with E-state index in [4.69, 9.17) is 11.6 Å². The lowest BCUT2D eigenvalue weighted by atomic mass is 10.1. The topological polar surface area (TPSA) is 84.3 Å². The lowest BCUT2D eigenvalue weighted by molar-refractivity contribution is -0.384. The van der Waals surface area contributed by atoms with Crippen molar-refractivity contribution in [3.63, 3.8) is 0 Å². The van der Waals surface area contributed by atoms with E-state index in [1.54, 1.807) is 0 Å². The Morgan fingerprint density at radius 3 is 1.89 bits per heavy atom. The summed E-state index contributed by atoms with van der Waals surface area (Å²) in [5, 5.41) is 14.3. The molecule has 0 unspecified atom stereocenters. The number of nitrogens with one attached hydrogen (secondary N) is 2. The number of hydrogen-bond acceptors (Lipinski definition) is 3. The third-order valence-corrected chi connectivity index (χ3v) is 3.57. The maximum atomic E-state index is 12.8. The smallest absolute Gasteiger partial charge is 0.308 e. The number of nitro groups is 1. The molecule has 2 N–H and O–H groups in total. The molecule has 2 aromatic rings. The first-order valence-corrected chi connectivity index (χ1v) is 7.46. The number of urea groups is 1. The van der Waals surface area contributed by atoms with E-state index in [1.807, 2.05) is 5.32 Å². The molecule has 0 spiro atoms. The standard InChI is InChI=1S/C15H8ClF6N3O3/c16-11-6-10(25(27)28)1-2-12(11)24-13(26)23-9-4-7(14(17,18)19)3-8(5-9)15(20,21)22/h1-6H,(H2,23,24,26). The van der Waals surface area contributed by atoms with Gasteiger partial charge in [-0.25, -0.2) is 4.79 Å². The number of carbonyl (C=O) groups excluding carboxylic acids is 1. The molecular weight excluding hydrogens is 420 g/mol. The summed E-state index contributed by atoms with van der Waals surface area (Å²) in [5.74, 6) is 0. The minimum atomic E-state index is -5.07. The minimum absolute atomic E-state index is 0.0870. The number of nitro benzene ring substituents is 1. The molecule has 2 amide bonds. The quantitative estimate of drug-likeness (QED) is 0.362. The molecule has 0 heterocycles. The summed E-state index contributed by atoms with van der Waals surface area (Å²) < 4.78 is 76.8. The van der Waals surface area contributed by atoms with Crippen molar-refractivity contribution in [2.45, 2.75) is 12.4 Å². The number of nitrogens with zero attached hydrogens (tertiary/aromatic N) is 1. The van der Waals surface area contributed by atoms with E-state index < -0.39 is 40.1 Å². The molecule has 150 valence electrons. The van der Waals surface area contributed by atoms with Gasteiger partial charge in [0.25, 0.3) is 5.69 Å². The predicted octanol–water partition coefficient (Wildman–Crippen LogP) is 5.93. The zero-order valence-corrected chi connectivity index (χ0v) is 14.0. The Morgan fingerprint density at radius 1 is 0.929 bits per heavy atom. The summed E-state index contributed by atoms with van der Waals surface area (Å²) in [7, 11) is 0. The maximum absolute atomic E-state index is 12.8. The van der Waals surface area contributed by atoms with Gasteiger partial charge in [-0.2, -0.15) is 26.3 Å². The van der Waals surface area contributed by atoms with Gasteiger partial charge in [0, 0.05) is 17.8 Å². The average Bonchev–Trinajstić information content (AvgIpc) is 2.54. The van der Waals surface area contributed by atoms with Crippen LogP contribution in [-0.4, -0.2) is 11.0 Å². The first-order chi connectivity index (χ1) is 12.8. The van der Waals surface area contributed by atoms with E-state index in [0.717, 1.165) is 18.2 Å². The van der Waals surface area contributed by atoms with Crippen LogP contribution in [0.2, 0.25) is 5.02 Å². The fraction of sp³-hybridized carbons (Fsp3) is 0.133. The van der Waals surface area contributed by atoms with E-state index in [9.17, 15) is 41.3 Å². The van der Waals surface area contributed by atoms with Crippen LogP contribution >= 0.6 is 11.6 Å². The first kappa shape index (κ1) is 21.3. The molecule has 0 bridgehead atoms. The third kappa shape index (κ3) is 5.25. The Bertz CT molecular complexity index is 898. The number of benzene rings is 2. The molecule has 0 atom stereocenters. The average molecular weight is 428 g/mol. The van der Waals surface area contributed by atoms with Crippen LogP contribution < -0.4 is 10.6 Å². The summed E-state index contributed by atoms with van der Waals surface area (Å²) in [4.78, 5) is 21.8. The van der Waals surface area contributed by atoms with Crippen LogP contribution in [0.3, 0.4) is 0 Å².